The first-order valence-corrected chi connectivity index (χ1v) is 6.96. The van der Waals surface area contributed by atoms with Gasteiger partial charge in [-0.2, -0.15) is 0 Å². The minimum absolute atomic E-state index is 0.194. The van der Waals surface area contributed by atoms with E-state index in [4.69, 9.17) is 14.8 Å². The Morgan fingerprint density at radius 2 is 2.00 bits per heavy atom. The summed E-state index contributed by atoms with van der Waals surface area (Å²) in [6.45, 7) is 3.17. The zero-order chi connectivity index (χ0) is 14.5. The molecular weight excluding hydrogens is 260 g/mol. The Morgan fingerprint density at radius 1 is 1.30 bits per heavy atom. The molecule has 1 heterocycles. The average Bonchev–Trinajstić information content (AvgIpc) is 2.38. The Labute approximate surface area is 119 Å². The van der Waals surface area contributed by atoms with Gasteiger partial charge >= 0.3 is 7.12 Å². The van der Waals surface area contributed by atoms with E-state index in [2.05, 4.69) is 4.90 Å². The normalized spacial score (nSPS) is 16.6. The fourth-order valence-corrected chi connectivity index (χ4v) is 2.66. The first-order valence-electron chi connectivity index (χ1n) is 6.96. The van der Waals surface area contributed by atoms with Crippen LogP contribution >= 0.6 is 0 Å². The monoisotopic (exact) mass is 281 g/mol. The van der Waals surface area contributed by atoms with Crippen LogP contribution in [-0.4, -0.2) is 48.9 Å². The molecule has 6 heteroatoms. The predicted octanol–water partition coefficient (Wildman–Crippen LogP) is 0.364. The number of hydrogen-bond donors (Lipinski definition) is 2. The van der Waals surface area contributed by atoms with Gasteiger partial charge in [-0.3, -0.25) is 0 Å². The molecule has 4 nitrogen and oxygen atoms in total. The van der Waals surface area contributed by atoms with E-state index < -0.39 is 12.9 Å². The molecule has 0 bridgehead atoms. The number of benzene rings is 1. The first kappa shape index (κ1) is 15.4. The molecule has 110 valence electrons. The zero-order valence-corrected chi connectivity index (χ0v) is 11.8. The van der Waals surface area contributed by atoms with E-state index in [1.165, 1.54) is 6.07 Å². The summed E-state index contributed by atoms with van der Waals surface area (Å²) < 4.78 is 18.8. The SMILES string of the molecule is CN(Cc1cc(F)cc(B(O)O)c1)CC1CCOCC1. The van der Waals surface area contributed by atoms with Gasteiger partial charge in [-0.1, -0.05) is 6.07 Å². The van der Waals surface area contributed by atoms with Crippen LogP contribution in [0.4, 0.5) is 4.39 Å². The molecule has 1 aliphatic rings. The van der Waals surface area contributed by atoms with Gasteiger partial charge in [0, 0.05) is 26.3 Å². The van der Waals surface area contributed by atoms with Crippen LogP contribution in [0.1, 0.15) is 18.4 Å². The van der Waals surface area contributed by atoms with Crippen LogP contribution in [0.2, 0.25) is 0 Å². The Balaban J connectivity index is 1.94. The lowest BCUT2D eigenvalue weighted by molar-refractivity contribution is 0.0549. The second kappa shape index (κ2) is 7.17. The van der Waals surface area contributed by atoms with Gasteiger partial charge in [0.25, 0.3) is 0 Å². The molecule has 0 radical (unpaired) electrons. The molecule has 1 aromatic rings. The van der Waals surface area contributed by atoms with Crippen LogP contribution in [0.25, 0.3) is 0 Å². The van der Waals surface area contributed by atoms with Crippen molar-refractivity contribution in [3.63, 3.8) is 0 Å². The van der Waals surface area contributed by atoms with Gasteiger partial charge < -0.3 is 19.7 Å². The largest absolute Gasteiger partial charge is 0.488 e. The standard InChI is InChI=1S/C14H21BFNO3/c1-17(9-11-2-4-20-5-3-11)10-12-6-13(15(18)19)8-14(16)7-12/h6-8,11,18-19H,2-5,9-10H2,1H3. The third kappa shape index (κ3) is 4.56. The van der Waals surface area contributed by atoms with E-state index in [0.29, 0.717) is 12.5 Å². The highest BCUT2D eigenvalue weighted by Gasteiger charge is 2.17. The quantitative estimate of drug-likeness (QED) is 0.765. The van der Waals surface area contributed by atoms with Crippen LogP contribution in [0.5, 0.6) is 0 Å². The molecule has 2 N–H and O–H groups in total. The average molecular weight is 281 g/mol. The summed E-state index contributed by atoms with van der Waals surface area (Å²) in [5.74, 6) is 0.176. The number of halogens is 1. The van der Waals surface area contributed by atoms with Gasteiger partial charge in [0.1, 0.15) is 5.82 Å². The molecule has 1 aliphatic heterocycles. The minimum atomic E-state index is -1.63. The summed E-state index contributed by atoms with van der Waals surface area (Å²) in [5.41, 5.74) is 0.946. The smallest absolute Gasteiger partial charge is 0.423 e. The minimum Gasteiger partial charge on any atom is -0.423 e. The van der Waals surface area contributed by atoms with Crippen molar-refractivity contribution in [2.24, 2.45) is 5.92 Å². The molecule has 0 amide bonds. The van der Waals surface area contributed by atoms with Crippen molar-refractivity contribution >= 4 is 12.6 Å². The van der Waals surface area contributed by atoms with Crippen LogP contribution in [0, 0.1) is 11.7 Å². The van der Waals surface area contributed by atoms with E-state index in [-0.39, 0.29) is 5.46 Å². The molecule has 1 aromatic carbocycles. The summed E-state index contributed by atoms with van der Waals surface area (Å²) in [5, 5.41) is 18.3. The van der Waals surface area contributed by atoms with Crippen LogP contribution in [0.15, 0.2) is 18.2 Å². The van der Waals surface area contributed by atoms with Gasteiger partial charge in [0.05, 0.1) is 0 Å². The summed E-state index contributed by atoms with van der Waals surface area (Å²) in [6.07, 6.45) is 2.13. The van der Waals surface area contributed by atoms with Crippen molar-refractivity contribution in [3.8, 4) is 0 Å². The van der Waals surface area contributed by atoms with Gasteiger partial charge in [-0.25, -0.2) is 4.39 Å². The van der Waals surface area contributed by atoms with Crippen molar-refractivity contribution in [3.05, 3.63) is 29.6 Å². The summed E-state index contributed by atoms with van der Waals surface area (Å²) in [4.78, 5) is 2.14. The molecule has 0 unspecified atom stereocenters. The Morgan fingerprint density at radius 3 is 2.65 bits per heavy atom. The molecule has 20 heavy (non-hydrogen) atoms. The summed E-state index contributed by atoms with van der Waals surface area (Å²) in [7, 11) is 0.361. The third-order valence-corrected chi connectivity index (χ3v) is 3.64. The molecule has 0 aromatic heterocycles. The molecule has 1 fully saturated rings. The van der Waals surface area contributed by atoms with Crippen LogP contribution in [0.3, 0.4) is 0 Å². The molecule has 1 saturated heterocycles. The van der Waals surface area contributed by atoms with Crippen molar-refractivity contribution in [2.75, 3.05) is 26.8 Å². The highest BCUT2D eigenvalue weighted by Crippen LogP contribution is 2.16. The van der Waals surface area contributed by atoms with E-state index in [9.17, 15) is 4.39 Å². The molecule has 0 saturated carbocycles. The van der Waals surface area contributed by atoms with Crippen molar-refractivity contribution < 1.29 is 19.2 Å². The maximum atomic E-state index is 13.4. The lowest BCUT2D eigenvalue weighted by Crippen LogP contribution is -2.32. The molecule has 0 spiro atoms. The number of rotatable bonds is 5. The van der Waals surface area contributed by atoms with E-state index >= 15 is 0 Å². The van der Waals surface area contributed by atoms with Gasteiger partial charge in [-0.15, -0.1) is 0 Å². The molecule has 0 atom stereocenters. The topological polar surface area (TPSA) is 52.9 Å². The highest BCUT2D eigenvalue weighted by atomic mass is 19.1. The van der Waals surface area contributed by atoms with Crippen molar-refractivity contribution in [2.45, 2.75) is 19.4 Å². The van der Waals surface area contributed by atoms with Gasteiger partial charge in [0.2, 0.25) is 0 Å². The first-order chi connectivity index (χ1) is 9.54. The van der Waals surface area contributed by atoms with Crippen molar-refractivity contribution in [1.82, 2.24) is 4.90 Å². The summed E-state index contributed by atoms with van der Waals surface area (Å²) in [6, 6.07) is 4.22. The van der Waals surface area contributed by atoms with Gasteiger partial charge in [0.15, 0.2) is 0 Å². The second-order valence-corrected chi connectivity index (χ2v) is 5.52. The third-order valence-electron chi connectivity index (χ3n) is 3.64. The second-order valence-electron chi connectivity index (χ2n) is 5.52. The maximum absolute atomic E-state index is 13.4. The fraction of sp³-hybridized carbons (Fsp3) is 0.571. The number of nitrogens with zero attached hydrogens (tertiary/aromatic N) is 1. The highest BCUT2D eigenvalue weighted by molar-refractivity contribution is 6.58. The predicted molar refractivity (Wildman–Crippen MR) is 76.1 cm³/mol. The van der Waals surface area contributed by atoms with Crippen LogP contribution < -0.4 is 5.46 Å². The van der Waals surface area contributed by atoms with E-state index in [1.54, 1.807) is 6.07 Å². The van der Waals surface area contributed by atoms with Crippen LogP contribution in [-0.2, 0) is 11.3 Å². The Hall–Kier alpha value is -0.945. The lowest BCUT2D eigenvalue weighted by Gasteiger charge is -2.27. The number of hydrogen-bond acceptors (Lipinski definition) is 4. The van der Waals surface area contributed by atoms with E-state index in [0.717, 1.165) is 44.2 Å². The Kier molecular flexibility index (Phi) is 5.54. The maximum Gasteiger partial charge on any atom is 0.488 e. The fourth-order valence-electron chi connectivity index (χ4n) is 2.66. The molecule has 0 aliphatic carbocycles. The molecule has 2 rings (SSSR count). The summed E-state index contributed by atoms with van der Waals surface area (Å²) >= 11 is 0. The van der Waals surface area contributed by atoms with Gasteiger partial charge in [-0.05, 0) is 49.0 Å². The van der Waals surface area contributed by atoms with Crippen molar-refractivity contribution in [1.29, 1.82) is 0 Å². The molecular formula is C14H21BFNO3. The number of ether oxygens (including phenoxy) is 1. The Bertz CT molecular complexity index is 438. The lowest BCUT2D eigenvalue weighted by atomic mass is 9.79. The zero-order valence-electron chi connectivity index (χ0n) is 11.8. The van der Waals surface area contributed by atoms with E-state index in [1.807, 2.05) is 7.05 Å².